The second-order valence-electron chi connectivity index (χ2n) is 3.08. The molecule has 0 amide bonds. The van der Waals surface area contributed by atoms with Gasteiger partial charge in [0, 0.05) is 12.4 Å². The van der Waals surface area contributed by atoms with Crippen LogP contribution >= 0.6 is 0 Å². The molecule has 0 fully saturated rings. The molecule has 0 saturated heterocycles. The van der Waals surface area contributed by atoms with Crippen molar-refractivity contribution in [2.45, 2.75) is 12.5 Å². The van der Waals surface area contributed by atoms with E-state index in [9.17, 15) is 0 Å². The average molecular weight is 189 g/mol. The third-order valence-corrected chi connectivity index (χ3v) is 2.00. The van der Waals surface area contributed by atoms with Gasteiger partial charge in [0.25, 0.3) is 0 Å². The van der Waals surface area contributed by atoms with E-state index in [4.69, 9.17) is 10.2 Å². The number of hydrogen-bond acceptors (Lipinski definition) is 4. The number of aromatic nitrogens is 2. The molecule has 0 aliphatic heterocycles. The van der Waals surface area contributed by atoms with Crippen molar-refractivity contribution in [2.24, 2.45) is 5.73 Å². The van der Waals surface area contributed by atoms with Gasteiger partial charge in [0.05, 0.1) is 12.2 Å². The summed E-state index contributed by atoms with van der Waals surface area (Å²) in [7, 11) is 0. The highest BCUT2D eigenvalue weighted by atomic mass is 16.3. The first-order valence-corrected chi connectivity index (χ1v) is 4.39. The van der Waals surface area contributed by atoms with Gasteiger partial charge in [-0.1, -0.05) is 6.07 Å². The van der Waals surface area contributed by atoms with Crippen molar-refractivity contribution in [3.63, 3.8) is 0 Å². The van der Waals surface area contributed by atoms with Crippen LogP contribution in [0.15, 0.2) is 41.5 Å². The third-order valence-electron chi connectivity index (χ3n) is 2.00. The minimum absolute atomic E-state index is 0.151. The first-order valence-electron chi connectivity index (χ1n) is 4.39. The fraction of sp³-hybridized carbons (Fsp3) is 0.200. The Kier molecular flexibility index (Phi) is 2.55. The van der Waals surface area contributed by atoms with Gasteiger partial charge in [-0.05, 0) is 18.1 Å². The fourth-order valence-corrected chi connectivity index (χ4v) is 1.28. The van der Waals surface area contributed by atoms with Gasteiger partial charge in [-0.2, -0.15) is 0 Å². The molecule has 2 heterocycles. The summed E-state index contributed by atoms with van der Waals surface area (Å²) in [6.07, 6.45) is 7.28. The Morgan fingerprint density at radius 2 is 2.29 bits per heavy atom. The third kappa shape index (κ3) is 1.97. The molecule has 4 heteroatoms. The van der Waals surface area contributed by atoms with E-state index in [1.807, 2.05) is 12.1 Å². The van der Waals surface area contributed by atoms with Gasteiger partial charge in [0.15, 0.2) is 6.39 Å². The number of nitrogens with zero attached hydrogens (tertiary/aromatic N) is 2. The maximum absolute atomic E-state index is 5.91. The molecule has 72 valence electrons. The average Bonchev–Trinajstić information content (AvgIpc) is 2.72. The van der Waals surface area contributed by atoms with Crippen LogP contribution in [0.5, 0.6) is 0 Å². The van der Waals surface area contributed by atoms with E-state index in [1.54, 1.807) is 18.6 Å². The van der Waals surface area contributed by atoms with Crippen molar-refractivity contribution in [3.8, 4) is 0 Å². The summed E-state index contributed by atoms with van der Waals surface area (Å²) >= 11 is 0. The van der Waals surface area contributed by atoms with Gasteiger partial charge in [-0.25, -0.2) is 4.98 Å². The van der Waals surface area contributed by atoms with Crippen LogP contribution in [0.3, 0.4) is 0 Å². The zero-order valence-electron chi connectivity index (χ0n) is 7.63. The van der Waals surface area contributed by atoms with Crippen molar-refractivity contribution >= 4 is 0 Å². The maximum atomic E-state index is 5.91. The zero-order valence-corrected chi connectivity index (χ0v) is 7.63. The first kappa shape index (κ1) is 8.90. The summed E-state index contributed by atoms with van der Waals surface area (Å²) < 4.78 is 5.11. The molecule has 0 aliphatic rings. The molecule has 0 spiro atoms. The van der Waals surface area contributed by atoms with Crippen molar-refractivity contribution in [1.82, 2.24) is 9.97 Å². The topological polar surface area (TPSA) is 64.9 Å². The molecule has 2 rings (SSSR count). The molecule has 2 aromatic rings. The zero-order chi connectivity index (χ0) is 9.80. The van der Waals surface area contributed by atoms with Crippen LogP contribution in [0, 0.1) is 0 Å². The predicted octanol–water partition coefficient (Wildman–Crippen LogP) is 1.31. The smallest absolute Gasteiger partial charge is 0.180 e. The molecular formula is C10H11N3O. The Bertz CT molecular complexity index is 372. The van der Waals surface area contributed by atoms with Crippen molar-refractivity contribution < 1.29 is 4.42 Å². The van der Waals surface area contributed by atoms with Crippen LogP contribution in [-0.2, 0) is 6.42 Å². The minimum Gasteiger partial charge on any atom is -0.447 e. The van der Waals surface area contributed by atoms with Gasteiger partial charge < -0.3 is 10.2 Å². The highest BCUT2D eigenvalue weighted by Gasteiger charge is 2.09. The van der Waals surface area contributed by atoms with E-state index in [-0.39, 0.29) is 6.04 Å². The predicted molar refractivity (Wildman–Crippen MR) is 51.4 cm³/mol. The fourth-order valence-electron chi connectivity index (χ4n) is 1.28. The van der Waals surface area contributed by atoms with Crippen LogP contribution in [0.1, 0.15) is 17.4 Å². The molecule has 1 atom stereocenters. The standard InChI is InChI=1S/C10H11N3O/c11-9(10-6-13-7-14-10)4-8-2-1-3-12-5-8/h1-3,5-7,9H,4,11H2. The lowest BCUT2D eigenvalue weighted by Crippen LogP contribution is -2.12. The number of rotatable bonds is 3. The minimum atomic E-state index is -0.151. The van der Waals surface area contributed by atoms with Gasteiger partial charge in [0.1, 0.15) is 5.76 Å². The number of oxazole rings is 1. The molecule has 0 bridgehead atoms. The summed E-state index contributed by atoms with van der Waals surface area (Å²) in [6, 6.07) is 3.73. The summed E-state index contributed by atoms with van der Waals surface area (Å²) in [5, 5.41) is 0. The molecular weight excluding hydrogens is 178 g/mol. The van der Waals surface area contributed by atoms with Crippen LogP contribution < -0.4 is 5.73 Å². The lowest BCUT2D eigenvalue weighted by Gasteiger charge is -2.06. The Morgan fingerprint density at radius 3 is 2.93 bits per heavy atom. The van der Waals surface area contributed by atoms with Gasteiger partial charge in [-0.3, -0.25) is 4.98 Å². The quantitative estimate of drug-likeness (QED) is 0.790. The number of hydrogen-bond donors (Lipinski definition) is 1. The highest BCUT2D eigenvalue weighted by molar-refractivity contribution is 5.12. The molecule has 0 saturated carbocycles. The van der Waals surface area contributed by atoms with Crippen molar-refractivity contribution in [2.75, 3.05) is 0 Å². The van der Waals surface area contributed by atoms with E-state index in [0.29, 0.717) is 12.2 Å². The monoisotopic (exact) mass is 189 g/mol. The van der Waals surface area contributed by atoms with E-state index in [0.717, 1.165) is 5.56 Å². The molecule has 2 aromatic heterocycles. The van der Waals surface area contributed by atoms with E-state index >= 15 is 0 Å². The molecule has 1 unspecified atom stereocenters. The molecule has 4 nitrogen and oxygen atoms in total. The van der Waals surface area contributed by atoms with Gasteiger partial charge in [0.2, 0.25) is 0 Å². The largest absolute Gasteiger partial charge is 0.447 e. The highest BCUT2D eigenvalue weighted by Crippen LogP contribution is 2.14. The lowest BCUT2D eigenvalue weighted by atomic mass is 10.1. The Hall–Kier alpha value is -1.68. The van der Waals surface area contributed by atoms with Crippen molar-refractivity contribution in [1.29, 1.82) is 0 Å². The molecule has 0 aliphatic carbocycles. The number of nitrogens with two attached hydrogens (primary N) is 1. The Balaban J connectivity index is 2.06. The molecule has 0 radical (unpaired) electrons. The lowest BCUT2D eigenvalue weighted by molar-refractivity contribution is 0.461. The summed E-state index contributed by atoms with van der Waals surface area (Å²) in [4.78, 5) is 7.84. The van der Waals surface area contributed by atoms with E-state index in [1.165, 1.54) is 6.39 Å². The second-order valence-corrected chi connectivity index (χ2v) is 3.08. The number of pyridine rings is 1. The molecule has 2 N–H and O–H groups in total. The maximum Gasteiger partial charge on any atom is 0.180 e. The SMILES string of the molecule is NC(Cc1cccnc1)c1cnco1. The summed E-state index contributed by atoms with van der Waals surface area (Å²) in [5.41, 5.74) is 7.00. The van der Waals surface area contributed by atoms with Crippen molar-refractivity contribution in [3.05, 3.63) is 48.4 Å². The van der Waals surface area contributed by atoms with Crippen LogP contribution in [0.4, 0.5) is 0 Å². The molecule has 0 aromatic carbocycles. The van der Waals surface area contributed by atoms with E-state index in [2.05, 4.69) is 9.97 Å². The second kappa shape index (κ2) is 4.02. The first-order chi connectivity index (χ1) is 6.86. The normalized spacial score (nSPS) is 12.6. The summed E-state index contributed by atoms with van der Waals surface area (Å²) in [5.74, 6) is 0.703. The van der Waals surface area contributed by atoms with Crippen LogP contribution in [0.2, 0.25) is 0 Å². The Labute approximate surface area is 81.8 Å². The Morgan fingerprint density at radius 1 is 1.36 bits per heavy atom. The molecule has 14 heavy (non-hydrogen) atoms. The van der Waals surface area contributed by atoms with Crippen LogP contribution in [-0.4, -0.2) is 9.97 Å². The van der Waals surface area contributed by atoms with Crippen LogP contribution in [0.25, 0.3) is 0 Å². The van der Waals surface area contributed by atoms with Gasteiger partial charge in [-0.15, -0.1) is 0 Å². The summed E-state index contributed by atoms with van der Waals surface area (Å²) in [6.45, 7) is 0. The van der Waals surface area contributed by atoms with E-state index < -0.39 is 0 Å². The van der Waals surface area contributed by atoms with Gasteiger partial charge >= 0.3 is 0 Å².